The van der Waals surface area contributed by atoms with Gasteiger partial charge in [-0.2, -0.15) is 0 Å². The van der Waals surface area contributed by atoms with E-state index in [9.17, 15) is 4.79 Å². The fourth-order valence-electron chi connectivity index (χ4n) is 2.49. The smallest absolute Gasteiger partial charge is 0.305 e. The second-order valence-corrected chi connectivity index (χ2v) is 6.22. The number of fused-ring (bicyclic) bond motifs is 1. The lowest BCUT2D eigenvalue weighted by Gasteiger charge is -2.17. The summed E-state index contributed by atoms with van der Waals surface area (Å²) in [5.74, 6) is 0.981. The third kappa shape index (κ3) is 3.09. The van der Waals surface area contributed by atoms with E-state index in [4.69, 9.17) is 10.1 Å². The third-order valence-corrected chi connectivity index (χ3v) is 4.35. The Morgan fingerprint density at radius 1 is 1.24 bits per heavy atom. The molecule has 21 heavy (non-hydrogen) atoms. The quantitative estimate of drug-likeness (QED) is 0.908. The number of hydrogen-bond acceptors (Lipinski definition) is 2. The number of aliphatic carboxylic acids is 1. The standard InChI is InChI=1S/C17H24N2O2/c1-10(2)13(5)17-18-14-8-11(3)12(4)9-15(14)19(17)7-6-16(20)21/h8-10,13H,6-7H2,1-5H3,(H,20,21). The maximum absolute atomic E-state index is 10.9. The van der Waals surface area contributed by atoms with Gasteiger partial charge in [0.05, 0.1) is 17.5 Å². The zero-order valence-corrected chi connectivity index (χ0v) is 13.5. The molecular weight excluding hydrogens is 264 g/mol. The second-order valence-electron chi connectivity index (χ2n) is 6.22. The van der Waals surface area contributed by atoms with Crippen LogP contribution in [0, 0.1) is 19.8 Å². The number of benzene rings is 1. The van der Waals surface area contributed by atoms with Gasteiger partial charge in [0.2, 0.25) is 0 Å². The molecule has 1 aromatic heterocycles. The van der Waals surface area contributed by atoms with Gasteiger partial charge in [0, 0.05) is 12.5 Å². The molecule has 114 valence electrons. The molecule has 0 fully saturated rings. The molecule has 1 aromatic carbocycles. The van der Waals surface area contributed by atoms with Crippen LogP contribution in [-0.2, 0) is 11.3 Å². The summed E-state index contributed by atoms with van der Waals surface area (Å²) in [6.45, 7) is 11.1. The van der Waals surface area contributed by atoms with Gasteiger partial charge < -0.3 is 9.67 Å². The van der Waals surface area contributed by atoms with E-state index in [1.165, 1.54) is 11.1 Å². The van der Waals surface area contributed by atoms with Crippen molar-refractivity contribution in [2.45, 2.75) is 53.5 Å². The van der Waals surface area contributed by atoms with Gasteiger partial charge in [0.25, 0.3) is 0 Å². The Morgan fingerprint density at radius 2 is 1.86 bits per heavy atom. The number of hydrogen-bond donors (Lipinski definition) is 1. The van der Waals surface area contributed by atoms with E-state index in [-0.39, 0.29) is 6.42 Å². The summed E-state index contributed by atoms with van der Waals surface area (Å²) in [6, 6.07) is 4.22. The maximum Gasteiger partial charge on any atom is 0.305 e. The van der Waals surface area contributed by atoms with Crippen LogP contribution in [0.5, 0.6) is 0 Å². The topological polar surface area (TPSA) is 55.1 Å². The molecule has 0 saturated heterocycles. The van der Waals surface area contributed by atoms with Gasteiger partial charge in [-0.1, -0.05) is 20.8 Å². The number of rotatable bonds is 5. The molecule has 1 atom stereocenters. The lowest BCUT2D eigenvalue weighted by Crippen LogP contribution is -2.13. The van der Waals surface area contributed by atoms with Crippen molar-refractivity contribution < 1.29 is 9.90 Å². The largest absolute Gasteiger partial charge is 0.481 e. The van der Waals surface area contributed by atoms with Crippen LogP contribution in [0.2, 0.25) is 0 Å². The summed E-state index contributed by atoms with van der Waals surface area (Å²) >= 11 is 0. The fraction of sp³-hybridized carbons (Fsp3) is 0.529. The van der Waals surface area contributed by atoms with E-state index in [0.717, 1.165) is 16.9 Å². The number of carboxylic acid groups (broad SMARTS) is 1. The molecule has 0 amide bonds. The summed E-state index contributed by atoms with van der Waals surface area (Å²) in [6.07, 6.45) is 0.121. The van der Waals surface area contributed by atoms with Gasteiger partial charge in [-0.3, -0.25) is 4.79 Å². The first-order valence-electron chi connectivity index (χ1n) is 7.50. The van der Waals surface area contributed by atoms with E-state index in [0.29, 0.717) is 18.4 Å². The third-order valence-electron chi connectivity index (χ3n) is 4.35. The van der Waals surface area contributed by atoms with Crippen molar-refractivity contribution >= 4 is 17.0 Å². The first kappa shape index (κ1) is 15.5. The van der Waals surface area contributed by atoms with Crippen molar-refractivity contribution in [2.75, 3.05) is 0 Å². The van der Waals surface area contributed by atoms with Crippen LogP contribution in [0.15, 0.2) is 12.1 Å². The molecule has 0 spiro atoms. The zero-order valence-electron chi connectivity index (χ0n) is 13.5. The first-order chi connectivity index (χ1) is 9.81. The van der Waals surface area contributed by atoms with Gasteiger partial charge in [0.1, 0.15) is 5.82 Å². The Kier molecular flexibility index (Phi) is 4.35. The maximum atomic E-state index is 10.9. The molecular formula is C17H24N2O2. The van der Waals surface area contributed by atoms with Crippen molar-refractivity contribution in [2.24, 2.45) is 5.92 Å². The summed E-state index contributed by atoms with van der Waals surface area (Å²) in [5, 5.41) is 8.99. The van der Waals surface area contributed by atoms with Crippen LogP contribution in [0.3, 0.4) is 0 Å². The fourth-order valence-corrected chi connectivity index (χ4v) is 2.49. The molecule has 2 aromatic rings. The molecule has 4 heteroatoms. The first-order valence-corrected chi connectivity index (χ1v) is 7.50. The minimum Gasteiger partial charge on any atom is -0.481 e. The lowest BCUT2D eigenvalue weighted by molar-refractivity contribution is -0.137. The zero-order chi connectivity index (χ0) is 15.7. The van der Waals surface area contributed by atoms with Crippen LogP contribution >= 0.6 is 0 Å². The lowest BCUT2D eigenvalue weighted by atomic mass is 9.97. The average molecular weight is 288 g/mol. The predicted molar refractivity (Wildman–Crippen MR) is 84.7 cm³/mol. The van der Waals surface area contributed by atoms with Crippen molar-refractivity contribution in [3.8, 4) is 0 Å². The van der Waals surface area contributed by atoms with Gasteiger partial charge >= 0.3 is 5.97 Å². The van der Waals surface area contributed by atoms with Crippen molar-refractivity contribution in [1.29, 1.82) is 0 Å². The normalized spacial score (nSPS) is 13.0. The van der Waals surface area contributed by atoms with E-state index in [2.05, 4.69) is 51.3 Å². The Morgan fingerprint density at radius 3 is 2.43 bits per heavy atom. The van der Waals surface area contributed by atoms with E-state index in [1.54, 1.807) is 0 Å². The SMILES string of the molecule is Cc1cc2nc(C(C)C(C)C)n(CCC(=O)O)c2cc1C. The van der Waals surface area contributed by atoms with Gasteiger partial charge in [-0.05, 0) is 43.0 Å². The van der Waals surface area contributed by atoms with Crippen molar-refractivity contribution in [3.05, 3.63) is 29.1 Å². The highest BCUT2D eigenvalue weighted by Gasteiger charge is 2.20. The summed E-state index contributed by atoms with van der Waals surface area (Å²) in [4.78, 5) is 15.7. The number of aromatic nitrogens is 2. The molecule has 1 unspecified atom stereocenters. The minimum atomic E-state index is -0.774. The molecule has 0 aliphatic heterocycles. The number of carbonyl (C=O) groups is 1. The molecule has 0 radical (unpaired) electrons. The molecule has 0 aliphatic carbocycles. The Balaban J connectivity index is 2.59. The molecule has 0 bridgehead atoms. The highest BCUT2D eigenvalue weighted by molar-refractivity contribution is 5.78. The summed E-state index contributed by atoms with van der Waals surface area (Å²) in [5.41, 5.74) is 4.43. The Labute approximate surface area is 125 Å². The number of carboxylic acids is 1. The van der Waals surface area contributed by atoms with E-state index >= 15 is 0 Å². The highest BCUT2D eigenvalue weighted by atomic mass is 16.4. The van der Waals surface area contributed by atoms with Crippen molar-refractivity contribution in [1.82, 2.24) is 9.55 Å². The summed E-state index contributed by atoms with van der Waals surface area (Å²) in [7, 11) is 0. The molecule has 1 N–H and O–H groups in total. The number of nitrogens with zero attached hydrogens (tertiary/aromatic N) is 2. The van der Waals surface area contributed by atoms with Crippen LogP contribution in [0.25, 0.3) is 11.0 Å². The highest BCUT2D eigenvalue weighted by Crippen LogP contribution is 2.28. The molecule has 0 aliphatic rings. The van der Waals surface area contributed by atoms with Crippen LogP contribution < -0.4 is 0 Å². The average Bonchev–Trinajstić information content (AvgIpc) is 2.73. The van der Waals surface area contributed by atoms with E-state index in [1.807, 2.05) is 0 Å². The number of aryl methyl sites for hydroxylation is 3. The molecule has 0 saturated carbocycles. The van der Waals surface area contributed by atoms with Crippen LogP contribution in [0.1, 0.15) is 50.1 Å². The molecule has 2 rings (SSSR count). The minimum absolute atomic E-state index is 0.121. The van der Waals surface area contributed by atoms with Gasteiger partial charge in [-0.15, -0.1) is 0 Å². The molecule has 1 heterocycles. The van der Waals surface area contributed by atoms with Crippen molar-refractivity contribution in [3.63, 3.8) is 0 Å². The second kappa shape index (κ2) is 5.88. The number of imidazole rings is 1. The van der Waals surface area contributed by atoms with Gasteiger partial charge in [-0.25, -0.2) is 4.98 Å². The van der Waals surface area contributed by atoms with Gasteiger partial charge in [0.15, 0.2) is 0 Å². The Bertz CT molecular complexity index is 671. The van der Waals surface area contributed by atoms with Crippen LogP contribution in [0.4, 0.5) is 0 Å². The van der Waals surface area contributed by atoms with E-state index < -0.39 is 5.97 Å². The Hall–Kier alpha value is -1.84. The molecule has 4 nitrogen and oxygen atoms in total. The monoisotopic (exact) mass is 288 g/mol. The predicted octanol–water partition coefficient (Wildman–Crippen LogP) is 3.89. The van der Waals surface area contributed by atoms with Crippen LogP contribution in [-0.4, -0.2) is 20.6 Å². The summed E-state index contributed by atoms with van der Waals surface area (Å²) < 4.78 is 2.08.